The van der Waals surface area contributed by atoms with E-state index in [1.165, 1.54) is 0 Å². The molecule has 0 bridgehead atoms. The lowest BCUT2D eigenvalue weighted by atomic mass is 9.90. The standard InChI is InChI=1S/C14H23N3O.HI/c1-14(2,9-10-18-3)11-16-13(15)17-12-7-5-4-6-8-12;/h4-8H,9-11H2,1-3H3,(H3,15,16,17);1H. The zero-order valence-corrected chi connectivity index (χ0v) is 14.2. The lowest BCUT2D eigenvalue weighted by Gasteiger charge is -2.21. The van der Waals surface area contributed by atoms with Gasteiger partial charge in [0.25, 0.3) is 0 Å². The highest BCUT2D eigenvalue weighted by Crippen LogP contribution is 2.20. The van der Waals surface area contributed by atoms with Gasteiger partial charge in [0.1, 0.15) is 0 Å². The molecule has 3 N–H and O–H groups in total. The van der Waals surface area contributed by atoms with Crippen LogP contribution in [0.2, 0.25) is 0 Å². The van der Waals surface area contributed by atoms with E-state index in [1.807, 2.05) is 30.3 Å². The molecule has 0 amide bonds. The van der Waals surface area contributed by atoms with Crippen LogP contribution in [0.5, 0.6) is 0 Å². The van der Waals surface area contributed by atoms with Crippen LogP contribution in [-0.4, -0.2) is 26.2 Å². The van der Waals surface area contributed by atoms with Gasteiger partial charge in [-0.05, 0) is 24.0 Å². The minimum absolute atomic E-state index is 0. The fraction of sp³-hybridized carbons (Fsp3) is 0.500. The number of aliphatic imine (C=N–C) groups is 1. The average Bonchev–Trinajstić information content (AvgIpc) is 2.36. The molecule has 0 radical (unpaired) electrons. The fourth-order valence-corrected chi connectivity index (χ4v) is 1.47. The Labute approximate surface area is 132 Å². The fourth-order valence-electron chi connectivity index (χ4n) is 1.47. The number of halogens is 1. The summed E-state index contributed by atoms with van der Waals surface area (Å²) < 4.78 is 5.08. The van der Waals surface area contributed by atoms with E-state index in [0.29, 0.717) is 12.5 Å². The number of nitrogens with one attached hydrogen (secondary N) is 1. The van der Waals surface area contributed by atoms with Crippen LogP contribution in [0.3, 0.4) is 0 Å². The Hall–Kier alpha value is -0.820. The Balaban J connectivity index is 0.00000324. The van der Waals surface area contributed by atoms with Gasteiger partial charge in [-0.15, -0.1) is 24.0 Å². The summed E-state index contributed by atoms with van der Waals surface area (Å²) in [6.45, 7) is 5.74. The Morgan fingerprint density at radius 2 is 1.95 bits per heavy atom. The van der Waals surface area contributed by atoms with Crippen LogP contribution >= 0.6 is 24.0 Å². The van der Waals surface area contributed by atoms with E-state index in [-0.39, 0.29) is 29.4 Å². The van der Waals surface area contributed by atoms with Crippen molar-refractivity contribution < 1.29 is 4.74 Å². The van der Waals surface area contributed by atoms with Crippen molar-refractivity contribution in [2.24, 2.45) is 16.1 Å². The van der Waals surface area contributed by atoms with Gasteiger partial charge in [-0.3, -0.25) is 4.99 Å². The SMILES string of the molecule is COCCC(C)(C)CN=C(N)Nc1ccccc1.I. The maximum atomic E-state index is 5.85. The Bertz CT molecular complexity index is 380. The molecule has 0 unspecified atom stereocenters. The first-order valence-corrected chi connectivity index (χ1v) is 6.14. The number of ether oxygens (including phenoxy) is 1. The van der Waals surface area contributed by atoms with Gasteiger partial charge in [-0.2, -0.15) is 0 Å². The van der Waals surface area contributed by atoms with E-state index in [4.69, 9.17) is 10.5 Å². The molecule has 108 valence electrons. The smallest absolute Gasteiger partial charge is 0.193 e. The zero-order chi connectivity index (χ0) is 13.4. The van der Waals surface area contributed by atoms with Crippen LogP contribution < -0.4 is 11.1 Å². The second-order valence-corrected chi connectivity index (χ2v) is 5.10. The number of benzene rings is 1. The number of hydrogen-bond donors (Lipinski definition) is 2. The number of anilines is 1. The van der Waals surface area contributed by atoms with E-state index < -0.39 is 0 Å². The molecule has 19 heavy (non-hydrogen) atoms. The van der Waals surface area contributed by atoms with Crippen molar-refractivity contribution in [1.82, 2.24) is 0 Å². The molecule has 1 aromatic rings. The van der Waals surface area contributed by atoms with Gasteiger partial charge < -0.3 is 15.8 Å². The molecule has 0 aliphatic rings. The van der Waals surface area contributed by atoms with Gasteiger partial charge in [0.2, 0.25) is 0 Å². The summed E-state index contributed by atoms with van der Waals surface area (Å²) >= 11 is 0. The molecule has 0 spiro atoms. The molecule has 1 aromatic carbocycles. The molecule has 0 atom stereocenters. The summed E-state index contributed by atoms with van der Waals surface area (Å²) in [5, 5.41) is 3.07. The molecule has 1 rings (SSSR count). The third kappa shape index (κ3) is 8.05. The van der Waals surface area contributed by atoms with E-state index in [9.17, 15) is 0 Å². The van der Waals surface area contributed by atoms with Crippen molar-refractivity contribution >= 4 is 35.6 Å². The molecule has 0 heterocycles. The van der Waals surface area contributed by atoms with Crippen molar-refractivity contribution in [2.75, 3.05) is 25.6 Å². The summed E-state index contributed by atoms with van der Waals surface area (Å²) in [5.41, 5.74) is 6.90. The van der Waals surface area contributed by atoms with Crippen LogP contribution in [0, 0.1) is 5.41 Å². The molecule has 5 heteroatoms. The number of nitrogens with two attached hydrogens (primary N) is 1. The van der Waals surface area contributed by atoms with Crippen LogP contribution in [-0.2, 0) is 4.74 Å². The molecule has 0 fully saturated rings. The van der Waals surface area contributed by atoms with Gasteiger partial charge in [0, 0.05) is 25.9 Å². The van der Waals surface area contributed by atoms with Crippen molar-refractivity contribution in [3.8, 4) is 0 Å². The molecule has 0 aromatic heterocycles. The first kappa shape index (κ1) is 18.2. The van der Waals surface area contributed by atoms with Crippen molar-refractivity contribution in [1.29, 1.82) is 0 Å². The largest absolute Gasteiger partial charge is 0.385 e. The Morgan fingerprint density at radius 3 is 2.53 bits per heavy atom. The van der Waals surface area contributed by atoms with E-state index in [1.54, 1.807) is 7.11 Å². The van der Waals surface area contributed by atoms with Gasteiger partial charge in [0.15, 0.2) is 5.96 Å². The molecule has 0 saturated heterocycles. The zero-order valence-electron chi connectivity index (χ0n) is 11.8. The second kappa shape index (κ2) is 9.14. The highest BCUT2D eigenvalue weighted by atomic mass is 127. The van der Waals surface area contributed by atoms with Crippen molar-refractivity contribution in [3.63, 3.8) is 0 Å². The first-order valence-electron chi connectivity index (χ1n) is 6.14. The third-order valence-electron chi connectivity index (χ3n) is 2.71. The molecular weight excluding hydrogens is 353 g/mol. The number of nitrogens with zero attached hydrogens (tertiary/aromatic N) is 1. The summed E-state index contributed by atoms with van der Waals surface area (Å²) in [5.74, 6) is 0.451. The number of rotatable bonds is 6. The summed E-state index contributed by atoms with van der Waals surface area (Å²) in [4.78, 5) is 4.37. The molecule has 0 saturated carbocycles. The second-order valence-electron chi connectivity index (χ2n) is 5.10. The van der Waals surface area contributed by atoms with E-state index in [2.05, 4.69) is 24.2 Å². The number of para-hydroxylation sites is 1. The molecule has 0 aliphatic heterocycles. The monoisotopic (exact) mass is 377 g/mol. The number of methoxy groups -OCH3 is 1. The average molecular weight is 377 g/mol. The Morgan fingerprint density at radius 1 is 1.32 bits per heavy atom. The Kier molecular flexibility index (Phi) is 8.75. The lowest BCUT2D eigenvalue weighted by Crippen LogP contribution is -2.26. The highest BCUT2D eigenvalue weighted by Gasteiger charge is 2.16. The minimum atomic E-state index is 0. The maximum absolute atomic E-state index is 5.85. The molecule has 0 aliphatic carbocycles. The lowest BCUT2D eigenvalue weighted by molar-refractivity contribution is 0.155. The molecular formula is C14H24IN3O. The number of hydrogen-bond acceptors (Lipinski definition) is 2. The van der Waals surface area contributed by atoms with Gasteiger partial charge in [-0.1, -0.05) is 32.0 Å². The van der Waals surface area contributed by atoms with E-state index >= 15 is 0 Å². The quantitative estimate of drug-likeness (QED) is 0.455. The number of guanidine groups is 1. The normalized spacial score (nSPS) is 11.8. The predicted octanol–water partition coefficient (Wildman–Crippen LogP) is 3.09. The van der Waals surface area contributed by atoms with Gasteiger partial charge >= 0.3 is 0 Å². The summed E-state index contributed by atoms with van der Waals surface area (Å²) in [6.07, 6.45) is 0.964. The highest BCUT2D eigenvalue weighted by molar-refractivity contribution is 14.0. The van der Waals surface area contributed by atoms with Crippen LogP contribution in [0.15, 0.2) is 35.3 Å². The van der Waals surface area contributed by atoms with Crippen LogP contribution in [0.4, 0.5) is 5.69 Å². The summed E-state index contributed by atoms with van der Waals surface area (Å²) in [6, 6.07) is 9.79. The first-order chi connectivity index (χ1) is 8.53. The maximum Gasteiger partial charge on any atom is 0.193 e. The predicted molar refractivity (Wildman–Crippen MR) is 92.2 cm³/mol. The molecule has 4 nitrogen and oxygen atoms in total. The van der Waals surface area contributed by atoms with E-state index in [0.717, 1.165) is 18.7 Å². The topological polar surface area (TPSA) is 59.6 Å². The van der Waals surface area contributed by atoms with Gasteiger partial charge in [0.05, 0.1) is 0 Å². The van der Waals surface area contributed by atoms with Crippen molar-refractivity contribution in [2.45, 2.75) is 20.3 Å². The van der Waals surface area contributed by atoms with Crippen molar-refractivity contribution in [3.05, 3.63) is 30.3 Å². The van der Waals surface area contributed by atoms with Gasteiger partial charge in [-0.25, -0.2) is 0 Å². The minimum Gasteiger partial charge on any atom is -0.385 e. The third-order valence-corrected chi connectivity index (χ3v) is 2.71. The summed E-state index contributed by atoms with van der Waals surface area (Å²) in [7, 11) is 1.71. The van der Waals surface area contributed by atoms with Crippen LogP contribution in [0.25, 0.3) is 0 Å². The van der Waals surface area contributed by atoms with Crippen LogP contribution in [0.1, 0.15) is 20.3 Å².